The van der Waals surface area contributed by atoms with Gasteiger partial charge in [0.1, 0.15) is 5.82 Å². The van der Waals surface area contributed by atoms with E-state index in [1.54, 1.807) is 0 Å². The Hall–Kier alpha value is -2.84. The molecule has 0 fully saturated rings. The normalized spacial score (nSPS) is 11.2. The van der Waals surface area contributed by atoms with E-state index in [2.05, 4.69) is 19.4 Å². The Bertz CT molecular complexity index is 702. The molecule has 0 aliphatic heterocycles. The van der Waals surface area contributed by atoms with Crippen LogP contribution in [-0.4, -0.2) is 36.1 Å². The number of rotatable bonds is 3. The average molecular weight is 328 g/mol. The molecule has 6 nitrogen and oxygen atoms in total. The number of carbonyl (C=O) groups excluding carboxylic acids is 2. The van der Waals surface area contributed by atoms with Crippen LogP contribution in [0.2, 0.25) is 0 Å². The van der Waals surface area contributed by atoms with Crippen molar-refractivity contribution in [3.63, 3.8) is 0 Å². The van der Waals surface area contributed by atoms with Crippen molar-refractivity contribution in [1.29, 1.82) is 0 Å². The van der Waals surface area contributed by atoms with E-state index >= 15 is 0 Å². The van der Waals surface area contributed by atoms with E-state index in [0.717, 1.165) is 26.4 Å². The van der Waals surface area contributed by atoms with Gasteiger partial charge in [0, 0.05) is 5.56 Å². The summed E-state index contributed by atoms with van der Waals surface area (Å²) in [4.78, 5) is 29.7. The number of H-pyrrole nitrogens is 1. The molecular formula is C14H11F3N2O4. The second-order valence-corrected chi connectivity index (χ2v) is 4.37. The number of methoxy groups -OCH3 is 2. The highest BCUT2D eigenvalue weighted by atomic mass is 19.4. The van der Waals surface area contributed by atoms with Crippen LogP contribution in [0.25, 0.3) is 11.4 Å². The lowest BCUT2D eigenvalue weighted by Gasteiger charge is -2.06. The molecule has 0 saturated carbocycles. The van der Waals surface area contributed by atoms with Crippen molar-refractivity contribution in [3.8, 4) is 11.4 Å². The summed E-state index contributed by atoms with van der Waals surface area (Å²) in [6.07, 6.45) is -4.46. The smallest absolute Gasteiger partial charge is 0.416 e. The molecule has 2 rings (SSSR count). The highest BCUT2D eigenvalue weighted by Crippen LogP contribution is 2.30. The largest absolute Gasteiger partial charge is 0.464 e. The topological polar surface area (TPSA) is 81.3 Å². The van der Waals surface area contributed by atoms with Gasteiger partial charge in [-0.15, -0.1) is 0 Å². The number of aromatic amines is 1. The summed E-state index contributed by atoms with van der Waals surface area (Å²) in [5.41, 5.74) is -1.11. The fourth-order valence-electron chi connectivity index (χ4n) is 1.82. The summed E-state index contributed by atoms with van der Waals surface area (Å²) >= 11 is 0. The minimum absolute atomic E-state index is 0.0412. The molecule has 1 aromatic heterocycles. The van der Waals surface area contributed by atoms with Crippen molar-refractivity contribution in [2.24, 2.45) is 0 Å². The zero-order valence-corrected chi connectivity index (χ0v) is 12.0. The molecular weight excluding hydrogens is 317 g/mol. The van der Waals surface area contributed by atoms with Gasteiger partial charge in [0.2, 0.25) is 0 Å². The molecule has 1 heterocycles. The number of hydrogen-bond donors (Lipinski definition) is 1. The summed E-state index contributed by atoms with van der Waals surface area (Å²) < 4.78 is 46.7. The summed E-state index contributed by atoms with van der Waals surface area (Å²) in [6, 6.07) is 4.08. The lowest BCUT2D eigenvalue weighted by atomic mass is 10.1. The number of nitrogens with one attached hydrogen (secondary N) is 1. The first-order chi connectivity index (χ1) is 10.8. The molecule has 0 unspecified atom stereocenters. The molecule has 0 amide bonds. The van der Waals surface area contributed by atoms with Gasteiger partial charge in [0.05, 0.1) is 19.8 Å². The van der Waals surface area contributed by atoms with E-state index in [4.69, 9.17) is 0 Å². The molecule has 0 spiro atoms. The number of esters is 2. The Morgan fingerprint density at radius 2 is 1.61 bits per heavy atom. The monoisotopic (exact) mass is 328 g/mol. The zero-order chi connectivity index (χ0) is 17.2. The van der Waals surface area contributed by atoms with Crippen molar-refractivity contribution in [1.82, 2.24) is 9.97 Å². The van der Waals surface area contributed by atoms with Crippen LogP contribution < -0.4 is 0 Å². The molecule has 122 valence electrons. The van der Waals surface area contributed by atoms with Crippen molar-refractivity contribution in [2.75, 3.05) is 14.2 Å². The first-order valence-electron chi connectivity index (χ1n) is 6.22. The highest BCUT2D eigenvalue weighted by Gasteiger charge is 2.30. The van der Waals surface area contributed by atoms with E-state index in [1.807, 2.05) is 0 Å². The van der Waals surface area contributed by atoms with E-state index in [9.17, 15) is 22.8 Å². The van der Waals surface area contributed by atoms with Crippen LogP contribution in [0, 0.1) is 0 Å². The Morgan fingerprint density at radius 3 is 2.09 bits per heavy atom. The van der Waals surface area contributed by atoms with Crippen LogP contribution in [0.3, 0.4) is 0 Å². The van der Waals surface area contributed by atoms with Crippen LogP contribution in [0.4, 0.5) is 13.2 Å². The zero-order valence-electron chi connectivity index (χ0n) is 12.0. The predicted octanol–water partition coefficient (Wildman–Crippen LogP) is 2.67. The van der Waals surface area contributed by atoms with E-state index in [0.29, 0.717) is 0 Å². The molecule has 1 N–H and O–H groups in total. The van der Waals surface area contributed by atoms with Crippen LogP contribution in [-0.2, 0) is 15.7 Å². The second-order valence-electron chi connectivity index (χ2n) is 4.37. The lowest BCUT2D eigenvalue weighted by molar-refractivity contribution is -0.137. The second kappa shape index (κ2) is 6.11. The summed E-state index contributed by atoms with van der Waals surface area (Å²) in [7, 11) is 2.22. The molecule has 0 saturated heterocycles. The van der Waals surface area contributed by atoms with Gasteiger partial charge in [-0.3, -0.25) is 0 Å². The first-order valence-corrected chi connectivity index (χ1v) is 6.22. The van der Waals surface area contributed by atoms with E-state index < -0.39 is 23.7 Å². The van der Waals surface area contributed by atoms with Crippen LogP contribution in [0.15, 0.2) is 24.3 Å². The van der Waals surface area contributed by atoms with Crippen LogP contribution in [0.1, 0.15) is 26.5 Å². The Balaban J connectivity index is 2.46. The van der Waals surface area contributed by atoms with Gasteiger partial charge in [0.15, 0.2) is 11.4 Å². The van der Waals surface area contributed by atoms with Crippen LogP contribution in [0.5, 0.6) is 0 Å². The molecule has 0 aliphatic carbocycles. The number of alkyl halides is 3. The first kappa shape index (κ1) is 16.5. The highest BCUT2D eigenvalue weighted by molar-refractivity contribution is 6.01. The van der Waals surface area contributed by atoms with Crippen LogP contribution >= 0.6 is 0 Å². The summed E-state index contributed by atoms with van der Waals surface area (Å²) in [5.74, 6) is -1.68. The fraction of sp³-hybridized carbons (Fsp3) is 0.214. The third kappa shape index (κ3) is 3.33. The number of imidazole rings is 1. The van der Waals surface area contributed by atoms with Gasteiger partial charge in [-0.05, 0) is 12.1 Å². The quantitative estimate of drug-likeness (QED) is 0.876. The Kier molecular flexibility index (Phi) is 4.39. The van der Waals surface area contributed by atoms with Crippen molar-refractivity contribution in [2.45, 2.75) is 6.18 Å². The molecule has 9 heteroatoms. The number of ether oxygens (including phenoxy) is 2. The molecule has 0 bridgehead atoms. The number of nitrogens with zero attached hydrogens (tertiary/aromatic N) is 1. The molecule has 0 radical (unpaired) electrons. The number of aromatic nitrogens is 2. The average Bonchev–Trinajstić information content (AvgIpc) is 2.98. The molecule has 23 heavy (non-hydrogen) atoms. The number of hydrogen-bond acceptors (Lipinski definition) is 5. The minimum Gasteiger partial charge on any atom is -0.464 e. The molecule has 0 atom stereocenters. The molecule has 0 aliphatic rings. The summed E-state index contributed by atoms with van der Waals surface area (Å²) in [5, 5.41) is 0. The maximum atomic E-state index is 12.5. The van der Waals surface area contributed by atoms with E-state index in [1.165, 1.54) is 12.1 Å². The van der Waals surface area contributed by atoms with E-state index in [-0.39, 0.29) is 22.8 Å². The molecule has 1 aromatic carbocycles. The minimum atomic E-state index is -4.46. The molecule has 2 aromatic rings. The Morgan fingerprint density at radius 1 is 1.04 bits per heavy atom. The van der Waals surface area contributed by atoms with Crippen molar-refractivity contribution < 1.29 is 32.2 Å². The maximum absolute atomic E-state index is 12.5. The third-order valence-electron chi connectivity index (χ3n) is 2.96. The van der Waals surface area contributed by atoms with Gasteiger partial charge in [-0.1, -0.05) is 12.1 Å². The lowest BCUT2D eigenvalue weighted by Crippen LogP contribution is -2.11. The number of carbonyl (C=O) groups is 2. The fourth-order valence-corrected chi connectivity index (χ4v) is 1.82. The van der Waals surface area contributed by atoms with Gasteiger partial charge >= 0.3 is 18.1 Å². The number of halogens is 3. The standard InChI is InChI=1S/C14H11F3N2O4/c1-22-12(20)9-10(13(21)23-2)19-11(18-9)7-3-5-8(6-4-7)14(15,16)17/h3-6H,1-2H3,(H,18,19). The van der Waals surface area contributed by atoms with Gasteiger partial charge < -0.3 is 14.5 Å². The summed E-state index contributed by atoms with van der Waals surface area (Å²) in [6.45, 7) is 0. The number of benzene rings is 1. The SMILES string of the molecule is COC(=O)c1nc(-c2ccc(C(F)(F)F)cc2)[nH]c1C(=O)OC. The predicted molar refractivity (Wildman–Crippen MR) is 71.7 cm³/mol. The third-order valence-corrected chi connectivity index (χ3v) is 2.96. The maximum Gasteiger partial charge on any atom is 0.416 e. The van der Waals surface area contributed by atoms with Gasteiger partial charge in [-0.2, -0.15) is 13.2 Å². The van der Waals surface area contributed by atoms with Crippen molar-refractivity contribution in [3.05, 3.63) is 41.2 Å². The van der Waals surface area contributed by atoms with Gasteiger partial charge in [-0.25, -0.2) is 14.6 Å². The van der Waals surface area contributed by atoms with Crippen molar-refractivity contribution >= 4 is 11.9 Å². The Labute approximate surface area is 128 Å². The van der Waals surface area contributed by atoms with Gasteiger partial charge in [0.25, 0.3) is 0 Å².